The first kappa shape index (κ1) is 14.1. The van der Waals surface area contributed by atoms with E-state index in [2.05, 4.69) is 6.07 Å². The molecule has 0 radical (unpaired) electrons. The van der Waals surface area contributed by atoms with Gasteiger partial charge in [0.15, 0.2) is 0 Å². The molecule has 0 saturated carbocycles. The highest BCUT2D eigenvalue weighted by Crippen LogP contribution is 2.24. The highest BCUT2D eigenvalue weighted by atomic mass is 16.5. The van der Waals surface area contributed by atoms with E-state index in [1.54, 1.807) is 0 Å². The first-order valence-corrected chi connectivity index (χ1v) is 7.09. The molecule has 0 amide bonds. The van der Waals surface area contributed by atoms with Gasteiger partial charge in [-0.25, -0.2) is 4.79 Å². The van der Waals surface area contributed by atoms with Gasteiger partial charge in [0.05, 0.1) is 12.7 Å². The summed E-state index contributed by atoms with van der Waals surface area (Å²) < 4.78 is 6.91. The lowest BCUT2D eigenvalue weighted by Gasteiger charge is -2.08. The van der Waals surface area contributed by atoms with Gasteiger partial charge in [-0.1, -0.05) is 36.4 Å². The number of esters is 1. The Morgan fingerprint density at radius 2 is 1.82 bits per heavy atom. The van der Waals surface area contributed by atoms with Gasteiger partial charge in [0, 0.05) is 18.9 Å². The van der Waals surface area contributed by atoms with Gasteiger partial charge in [0.2, 0.25) is 0 Å². The van der Waals surface area contributed by atoms with E-state index in [4.69, 9.17) is 4.74 Å². The molecule has 0 atom stereocenters. The third-order valence-corrected chi connectivity index (χ3v) is 3.74. The maximum Gasteiger partial charge on any atom is 0.338 e. The van der Waals surface area contributed by atoms with Crippen molar-refractivity contribution < 1.29 is 9.53 Å². The number of hydrogen-bond acceptors (Lipinski definition) is 2. The molecule has 1 aromatic heterocycles. The zero-order valence-electron chi connectivity index (χ0n) is 12.6. The first-order valence-electron chi connectivity index (χ1n) is 7.09. The van der Waals surface area contributed by atoms with E-state index < -0.39 is 0 Å². The summed E-state index contributed by atoms with van der Waals surface area (Å²) in [4.78, 5) is 12.2. The Balaban J connectivity index is 2.14. The van der Waals surface area contributed by atoms with Gasteiger partial charge in [-0.05, 0) is 40.6 Å². The van der Waals surface area contributed by atoms with Gasteiger partial charge in [-0.2, -0.15) is 0 Å². The van der Waals surface area contributed by atoms with Crippen molar-refractivity contribution in [3.8, 4) is 0 Å². The summed E-state index contributed by atoms with van der Waals surface area (Å²) in [6.07, 6.45) is 3.80. The Labute approximate surface area is 129 Å². The molecular weight excluding hydrogens is 274 g/mol. The second-order valence-corrected chi connectivity index (χ2v) is 5.16. The van der Waals surface area contributed by atoms with Crippen LogP contribution in [-0.4, -0.2) is 17.6 Å². The van der Waals surface area contributed by atoms with Crippen LogP contribution >= 0.6 is 0 Å². The summed E-state index contributed by atoms with van der Waals surface area (Å²) in [6, 6.07) is 18.0. The van der Waals surface area contributed by atoms with Crippen LogP contribution in [0, 0.1) is 0 Å². The molecule has 2 aromatic carbocycles. The number of nitrogens with zero attached hydrogens (tertiary/aromatic N) is 1. The van der Waals surface area contributed by atoms with Crippen LogP contribution in [0.15, 0.2) is 60.8 Å². The van der Waals surface area contributed by atoms with Crippen LogP contribution in [0.25, 0.3) is 22.4 Å². The second kappa shape index (κ2) is 5.90. The SMILES string of the molecule is COC(=O)/C(=C/c1cccn1C)c1ccc2ccccc2c1. The number of ether oxygens (including phenoxy) is 1. The molecule has 0 saturated heterocycles. The molecule has 0 unspecified atom stereocenters. The van der Waals surface area contributed by atoms with Crippen molar-refractivity contribution in [3.05, 3.63) is 72.1 Å². The van der Waals surface area contributed by atoms with E-state index in [-0.39, 0.29) is 5.97 Å². The highest BCUT2D eigenvalue weighted by Gasteiger charge is 2.13. The van der Waals surface area contributed by atoms with Crippen molar-refractivity contribution in [2.45, 2.75) is 0 Å². The lowest BCUT2D eigenvalue weighted by atomic mass is 10.0. The van der Waals surface area contributed by atoms with Crippen molar-refractivity contribution in [2.75, 3.05) is 7.11 Å². The molecular formula is C19H17NO2. The van der Waals surface area contributed by atoms with Crippen LogP contribution in [0.2, 0.25) is 0 Å². The third-order valence-electron chi connectivity index (χ3n) is 3.74. The quantitative estimate of drug-likeness (QED) is 0.541. The topological polar surface area (TPSA) is 31.2 Å². The van der Waals surface area contributed by atoms with E-state index in [1.807, 2.05) is 72.4 Å². The maximum atomic E-state index is 12.2. The summed E-state index contributed by atoms with van der Waals surface area (Å²) in [6.45, 7) is 0. The van der Waals surface area contributed by atoms with Gasteiger partial charge in [0.1, 0.15) is 0 Å². The molecule has 0 bridgehead atoms. The molecule has 22 heavy (non-hydrogen) atoms. The molecule has 0 fully saturated rings. The number of fused-ring (bicyclic) bond motifs is 1. The normalized spacial score (nSPS) is 11.6. The van der Waals surface area contributed by atoms with Gasteiger partial charge < -0.3 is 9.30 Å². The predicted octanol–water partition coefficient (Wildman–Crippen LogP) is 3.89. The van der Waals surface area contributed by atoms with E-state index in [0.717, 1.165) is 22.0 Å². The molecule has 110 valence electrons. The fourth-order valence-electron chi connectivity index (χ4n) is 2.50. The van der Waals surface area contributed by atoms with Crippen LogP contribution in [0.5, 0.6) is 0 Å². The third kappa shape index (κ3) is 2.66. The van der Waals surface area contributed by atoms with Crippen molar-refractivity contribution in [2.24, 2.45) is 7.05 Å². The van der Waals surface area contributed by atoms with Crippen LogP contribution in [0.4, 0.5) is 0 Å². The van der Waals surface area contributed by atoms with Gasteiger partial charge in [-0.15, -0.1) is 0 Å². The van der Waals surface area contributed by atoms with Crippen LogP contribution < -0.4 is 0 Å². The molecule has 0 N–H and O–H groups in total. The number of carbonyl (C=O) groups excluding carboxylic acids is 1. The number of aryl methyl sites for hydroxylation is 1. The standard InChI is InChI=1S/C19H17NO2/c1-20-11-5-8-17(20)13-18(19(21)22-2)16-10-9-14-6-3-4-7-15(14)12-16/h3-13H,1-2H3/b18-13+. The Hall–Kier alpha value is -2.81. The number of benzene rings is 2. The van der Waals surface area contributed by atoms with Crippen molar-refractivity contribution in [1.29, 1.82) is 0 Å². The Bertz CT molecular complexity index is 859. The molecule has 0 aliphatic rings. The zero-order valence-corrected chi connectivity index (χ0v) is 12.6. The number of aromatic nitrogens is 1. The second-order valence-electron chi connectivity index (χ2n) is 5.16. The maximum absolute atomic E-state index is 12.2. The molecule has 3 nitrogen and oxygen atoms in total. The fourth-order valence-corrected chi connectivity index (χ4v) is 2.50. The minimum atomic E-state index is -0.337. The Kier molecular flexibility index (Phi) is 3.79. The van der Waals surface area contributed by atoms with E-state index in [9.17, 15) is 4.79 Å². The fraction of sp³-hybridized carbons (Fsp3) is 0.105. The largest absolute Gasteiger partial charge is 0.465 e. The average Bonchev–Trinajstić information content (AvgIpc) is 2.96. The molecule has 1 heterocycles. The number of rotatable bonds is 3. The van der Waals surface area contributed by atoms with Crippen LogP contribution in [0.3, 0.4) is 0 Å². The summed E-state index contributed by atoms with van der Waals surface area (Å²) in [5, 5.41) is 2.25. The van der Waals surface area contributed by atoms with E-state index in [0.29, 0.717) is 5.57 Å². The number of hydrogen-bond donors (Lipinski definition) is 0. The predicted molar refractivity (Wildman–Crippen MR) is 89.2 cm³/mol. The lowest BCUT2D eigenvalue weighted by molar-refractivity contribution is -0.133. The van der Waals surface area contributed by atoms with E-state index in [1.165, 1.54) is 7.11 Å². The minimum Gasteiger partial charge on any atom is -0.465 e. The summed E-state index contributed by atoms with van der Waals surface area (Å²) in [5.74, 6) is -0.337. The number of methoxy groups -OCH3 is 1. The summed E-state index contributed by atoms with van der Waals surface area (Å²) >= 11 is 0. The highest BCUT2D eigenvalue weighted by molar-refractivity contribution is 6.22. The molecule has 3 heteroatoms. The molecule has 3 rings (SSSR count). The monoisotopic (exact) mass is 291 g/mol. The molecule has 0 aliphatic carbocycles. The van der Waals surface area contributed by atoms with Crippen LogP contribution in [-0.2, 0) is 16.6 Å². The molecule has 0 aliphatic heterocycles. The van der Waals surface area contributed by atoms with Gasteiger partial charge in [-0.3, -0.25) is 0 Å². The van der Waals surface area contributed by atoms with Gasteiger partial charge in [0.25, 0.3) is 0 Å². The molecule has 3 aromatic rings. The molecule has 0 spiro atoms. The van der Waals surface area contributed by atoms with E-state index >= 15 is 0 Å². The lowest BCUT2D eigenvalue weighted by Crippen LogP contribution is -2.04. The smallest absolute Gasteiger partial charge is 0.338 e. The summed E-state index contributed by atoms with van der Waals surface area (Å²) in [7, 11) is 3.35. The number of carbonyl (C=O) groups is 1. The van der Waals surface area contributed by atoms with Crippen LogP contribution in [0.1, 0.15) is 11.3 Å². The van der Waals surface area contributed by atoms with Crippen molar-refractivity contribution in [3.63, 3.8) is 0 Å². The van der Waals surface area contributed by atoms with Crippen molar-refractivity contribution in [1.82, 2.24) is 4.57 Å². The zero-order chi connectivity index (χ0) is 15.5. The Morgan fingerprint density at radius 1 is 1.05 bits per heavy atom. The first-order chi connectivity index (χ1) is 10.7. The minimum absolute atomic E-state index is 0.337. The van der Waals surface area contributed by atoms with Gasteiger partial charge >= 0.3 is 5.97 Å². The Morgan fingerprint density at radius 3 is 2.50 bits per heavy atom. The van der Waals surface area contributed by atoms with Crippen molar-refractivity contribution >= 4 is 28.4 Å². The average molecular weight is 291 g/mol. The summed E-state index contributed by atoms with van der Waals surface area (Å²) in [5.41, 5.74) is 2.36.